The third-order valence-corrected chi connectivity index (χ3v) is 4.46. The number of ether oxygens (including phenoxy) is 1. The van der Waals surface area contributed by atoms with Gasteiger partial charge in [0.2, 0.25) is 5.91 Å². The lowest BCUT2D eigenvalue weighted by molar-refractivity contribution is -0.130. The molecule has 0 unspecified atom stereocenters. The fourth-order valence-electron chi connectivity index (χ4n) is 2.35. The SMILES string of the molecule is CCN(Cc1ccccc1)C(=O)CNC(=O)c1cc(OC)ccc1Br. The lowest BCUT2D eigenvalue weighted by atomic mass is 10.2. The second-order valence-electron chi connectivity index (χ2n) is 5.42. The van der Waals surface area contributed by atoms with Gasteiger partial charge in [0.15, 0.2) is 0 Å². The maximum Gasteiger partial charge on any atom is 0.252 e. The van der Waals surface area contributed by atoms with Crippen LogP contribution in [-0.2, 0) is 11.3 Å². The van der Waals surface area contributed by atoms with Gasteiger partial charge in [-0.3, -0.25) is 9.59 Å². The third-order valence-electron chi connectivity index (χ3n) is 3.77. The standard InChI is InChI=1S/C19H21BrN2O3/c1-3-22(13-14-7-5-4-6-8-14)18(23)12-21-19(24)16-11-15(25-2)9-10-17(16)20/h4-11H,3,12-13H2,1-2H3,(H,21,24). The maximum absolute atomic E-state index is 12.4. The van der Waals surface area contributed by atoms with Gasteiger partial charge < -0.3 is 15.0 Å². The van der Waals surface area contributed by atoms with Gasteiger partial charge in [-0.05, 0) is 46.6 Å². The van der Waals surface area contributed by atoms with E-state index in [4.69, 9.17) is 4.74 Å². The van der Waals surface area contributed by atoms with Crippen LogP contribution >= 0.6 is 15.9 Å². The zero-order chi connectivity index (χ0) is 18.2. The first-order valence-corrected chi connectivity index (χ1v) is 8.78. The summed E-state index contributed by atoms with van der Waals surface area (Å²) in [7, 11) is 1.54. The molecule has 0 radical (unpaired) electrons. The zero-order valence-corrected chi connectivity index (χ0v) is 15.9. The van der Waals surface area contributed by atoms with E-state index >= 15 is 0 Å². The Hall–Kier alpha value is -2.34. The van der Waals surface area contributed by atoms with Crippen molar-refractivity contribution in [3.05, 3.63) is 64.1 Å². The first kappa shape index (κ1) is 19.0. The van der Waals surface area contributed by atoms with E-state index in [0.717, 1.165) is 5.56 Å². The van der Waals surface area contributed by atoms with Crippen LogP contribution in [0.25, 0.3) is 0 Å². The van der Waals surface area contributed by atoms with Crippen molar-refractivity contribution in [1.29, 1.82) is 0 Å². The van der Waals surface area contributed by atoms with E-state index in [1.54, 1.807) is 23.1 Å². The fraction of sp³-hybridized carbons (Fsp3) is 0.263. The molecule has 2 rings (SSSR count). The monoisotopic (exact) mass is 404 g/mol. The molecule has 0 aliphatic rings. The highest BCUT2D eigenvalue weighted by molar-refractivity contribution is 9.10. The van der Waals surface area contributed by atoms with E-state index in [2.05, 4.69) is 21.2 Å². The second-order valence-corrected chi connectivity index (χ2v) is 6.28. The molecule has 0 fully saturated rings. The summed E-state index contributed by atoms with van der Waals surface area (Å²) in [5.74, 6) is 0.132. The van der Waals surface area contributed by atoms with Gasteiger partial charge in [0.25, 0.3) is 5.91 Å². The number of hydrogen-bond donors (Lipinski definition) is 1. The van der Waals surface area contributed by atoms with Crippen molar-refractivity contribution in [3.63, 3.8) is 0 Å². The smallest absolute Gasteiger partial charge is 0.252 e. The summed E-state index contributed by atoms with van der Waals surface area (Å²) in [5, 5.41) is 2.68. The number of carbonyl (C=O) groups is 2. The Kier molecular flexibility index (Phi) is 7.01. The third kappa shape index (κ3) is 5.32. The molecule has 0 aliphatic carbocycles. The van der Waals surface area contributed by atoms with Crippen LogP contribution in [0.2, 0.25) is 0 Å². The van der Waals surface area contributed by atoms with Crippen molar-refractivity contribution in [2.75, 3.05) is 20.2 Å². The molecule has 0 saturated carbocycles. The molecule has 0 bridgehead atoms. The molecule has 0 aromatic heterocycles. The number of nitrogens with one attached hydrogen (secondary N) is 1. The minimum absolute atomic E-state index is 0.0524. The molecule has 132 valence electrons. The first-order valence-electron chi connectivity index (χ1n) is 7.98. The quantitative estimate of drug-likeness (QED) is 0.770. The van der Waals surface area contributed by atoms with Crippen LogP contribution in [0.4, 0.5) is 0 Å². The van der Waals surface area contributed by atoms with Gasteiger partial charge in [-0.1, -0.05) is 30.3 Å². The van der Waals surface area contributed by atoms with Crippen LogP contribution in [0.1, 0.15) is 22.8 Å². The van der Waals surface area contributed by atoms with Crippen molar-refractivity contribution < 1.29 is 14.3 Å². The highest BCUT2D eigenvalue weighted by atomic mass is 79.9. The molecule has 0 saturated heterocycles. The number of likely N-dealkylation sites (N-methyl/N-ethyl adjacent to an activating group) is 1. The van der Waals surface area contributed by atoms with Crippen LogP contribution in [-0.4, -0.2) is 36.9 Å². The van der Waals surface area contributed by atoms with Gasteiger partial charge in [-0.15, -0.1) is 0 Å². The number of carbonyl (C=O) groups excluding carboxylic acids is 2. The Morgan fingerprint density at radius 1 is 1.16 bits per heavy atom. The molecular formula is C19H21BrN2O3. The topological polar surface area (TPSA) is 58.6 Å². The number of amides is 2. The summed E-state index contributed by atoms with van der Waals surface area (Å²) >= 11 is 3.34. The predicted molar refractivity (Wildman–Crippen MR) is 101 cm³/mol. The average molecular weight is 405 g/mol. The van der Waals surface area contributed by atoms with E-state index < -0.39 is 0 Å². The largest absolute Gasteiger partial charge is 0.497 e. The maximum atomic E-state index is 12.4. The molecular weight excluding hydrogens is 384 g/mol. The zero-order valence-electron chi connectivity index (χ0n) is 14.3. The van der Waals surface area contributed by atoms with Gasteiger partial charge in [-0.2, -0.15) is 0 Å². The summed E-state index contributed by atoms with van der Waals surface area (Å²) < 4.78 is 5.78. The van der Waals surface area contributed by atoms with Gasteiger partial charge in [0, 0.05) is 17.6 Å². The van der Waals surface area contributed by atoms with Gasteiger partial charge >= 0.3 is 0 Å². The Labute approximate surface area is 156 Å². The minimum atomic E-state index is -0.324. The molecule has 1 N–H and O–H groups in total. The Balaban J connectivity index is 1.97. The molecule has 0 atom stereocenters. The number of hydrogen-bond acceptors (Lipinski definition) is 3. The van der Waals surface area contributed by atoms with Crippen molar-refractivity contribution in [1.82, 2.24) is 10.2 Å². The minimum Gasteiger partial charge on any atom is -0.497 e. The molecule has 2 amide bonds. The lowest BCUT2D eigenvalue weighted by Gasteiger charge is -2.21. The Morgan fingerprint density at radius 3 is 2.52 bits per heavy atom. The Bertz CT molecular complexity index is 735. The highest BCUT2D eigenvalue weighted by Gasteiger charge is 2.16. The normalized spacial score (nSPS) is 10.2. The molecule has 5 nitrogen and oxygen atoms in total. The molecule has 0 heterocycles. The average Bonchev–Trinajstić information content (AvgIpc) is 2.65. The van der Waals surface area contributed by atoms with Crippen molar-refractivity contribution >= 4 is 27.7 Å². The van der Waals surface area contributed by atoms with E-state index in [1.807, 2.05) is 37.3 Å². The molecule has 0 spiro atoms. The number of benzene rings is 2. The van der Waals surface area contributed by atoms with Gasteiger partial charge in [0.05, 0.1) is 19.2 Å². The van der Waals surface area contributed by atoms with Crippen LogP contribution in [0, 0.1) is 0 Å². The summed E-state index contributed by atoms with van der Waals surface area (Å²) in [6, 6.07) is 14.9. The predicted octanol–water partition coefficient (Wildman–Crippen LogP) is 3.24. The molecule has 25 heavy (non-hydrogen) atoms. The van der Waals surface area contributed by atoms with Crippen LogP contribution in [0.15, 0.2) is 53.0 Å². The van der Waals surface area contributed by atoms with E-state index in [0.29, 0.717) is 28.9 Å². The molecule has 0 aliphatic heterocycles. The number of rotatable bonds is 7. The van der Waals surface area contributed by atoms with Crippen LogP contribution in [0.3, 0.4) is 0 Å². The van der Waals surface area contributed by atoms with Gasteiger partial charge in [0.1, 0.15) is 5.75 Å². The fourth-order valence-corrected chi connectivity index (χ4v) is 2.78. The summed E-state index contributed by atoms with van der Waals surface area (Å²) in [6.07, 6.45) is 0. The Morgan fingerprint density at radius 2 is 1.88 bits per heavy atom. The van der Waals surface area contributed by atoms with Crippen molar-refractivity contribution in [2.45, 2.75) is 13.5 Å². The van der Waals surface area contributed by atoms with E-state index in [1.165, 1.54) is 7.11 Å². The van der Waals surface area contributed by atoms with E-state index in [-0.39, 0.29) is 18.4 Å². The van der Waals surface area contributed by atoms with Crippen LogP contribution < -0.4 is 10.1 Å². The molecule has 2 aromatic rings. The molecule has 2 aromatic carbocycles. The molecule has 6 heteroatoms. The van der Waals surface area contributed by atoms with E-state index in [9.17, 15) is 9.59 Å². The summed E-state index contributed by atoms with van der Waals surface area (Å²) in [4.78, 5) is 26.4. The van der Waals surface area contributed by atoms with Crippen molar-refractivity contribution in [2.24, 2.45) is 0 Å². The summed E-state index contributed by atoms with van der Waals surface area (Å²) in [5.41, 5.74) is 1.48. The van der Waals surface area contributed by atoms with Crippen LogP contribution in [0.5, 0.6) is 5.75 Å². The summed E-state index contributed by atoms with van der Waals surface area (Å²) in [6.45, 7) is 2.96. The van der Waals surface area contributed by atoms with Crippen molar-refractivity contribution in [3.8, 4) is 5.75 Å². The highest BCUT2D eigenvalue weighted by Crippen LogP contribution is 2.22. The number of nitrogens with zero attached hydrogens (tertiary/aromatic N) is 1. The number of methoxy groups -OCH3 is 1. The first-order chi connectivity index (χ1) is 12.0. The number of halogens is 1. The lowest BCUT2D eigenvalue weighted by Crippen LogP contribution is -2.39. The van der Waals surface area contributed by atoms with Gasteiger partial charge in [-0.25, -0.2) is 0 Å². The second kappa shape index (κ2) is 9.22.